The molecule has 110 valence electrons. The Morgan fingerprint density at radius 2 is 2.05 bits per heavy atom. The minimum atomic E-state index is -0.822. The highest BCUT2D eigenvalue weighted by molar-refractivity contribution is 5.85. The molecule has 0 aliphatic carbocycles. The molecule has 2 rings (SSSR count). The van der Waals surface area contributed by atoms with Crippen molar-refractivity contribution >= 4 is 18.1 Å². The van der Waals surface area contributed by atoms with Gasteiger partial charge in [-0.05, 0) is 19.4 Å². The van der Waals surface area contributed by atoms with Crippen molar-refractivity contribution in [3.63, 3.8) is 0 Å². The van der Waals surface area contributed by atoms with E-state index in [1.54, 1.807) is 6.07 Å². The SMILES string of the molecule is CCCn1cc(NCc2cccc(F)c2F)c(C)n1.Cl. The maximum atomic E-state index is 13.5. The number of anilines is 1. The minimum absolute atomic E-state index is 0. The van der Waals surface area contributed by atoms with Crippen molar-refractivity contribution in [1.82, 2.24) is 9.78 Å². The van der Waals surface area contributed by atoms with Gasteiger partial charge in [0.05, 0.1) is 11.4 Å². The molecule has 1 N–H and O–H groups in total. The lowest BCUT2D eigenvalue weighted by Crippen LogP contribution is -2.03. The van der Waals surface area contributed by atoms with Crippen LogP contribution in [0.1, 0.15) is 24.6 Å². The van der Waals surface area contributed by atoms with Crippen molar-refractivity contribution in [3.05, 3.63) is 47.3 Å². The van der Waals surface area contributed by atoms with Crippen LogP contribution in [0.25, 0.3) is 0 Å². The zero-order chi connectivity index (χ0) is 13.8. The molecule has 0 saturated heterocycles. The quantitative estimate of drug-likeness (QED) is 0.907. The molecule has 1 heterocycles. The summed E-state index contributed by atoms with van der Waals surface area (Å²) in [6, 6.07) is 4.18. The molecule has 0 spiro atoms. The lowest BCUT2D eigenvalue weighted by Gasteiger charge is -2.06. The summed E-state index contributed by atoms with van der Waals surface area (Å²) in [6.45, 7) is 5.04. The fraction of sp³-hybridized carbons (Fsp3) is 0.357. The highest BCUT2D eigenvalue weighted by Crippen LogP contribution is 2.16. The molecule has 2 aromatic rings. The van der Waals surface area contributed by atoms with Gasteiger partial charge in [-0.15, -0.1) is 12.4 Å². The van der Waals surface area contributed by atoms with Gasteiger partial charge in [0.1, 0.15) is 0 Å². The maximum absolute atomic E-state index is 13.5. The molecule has 20 heavy (non-hydrogen) atoms. The third-order valence-corrected chi connectivity index (χ3v) is 2.90. The Hall–Kier alpha value is -1.62. The molecule has 0 amide bonds. The fourth-order valence-electron chi connectivity index (χ4n) is 1.91. The molecule has 1 aromatic carbocycles. The molecule has 0 atom stereocenters. The molecule has 0 fully saturated rings. The van der Waals surface area contributed by atoms with E-state index in [-0.39, 0.29) is 19.0 Å². The second kappa shape index (κ2) is 7.24. The largest absolute Gasteiger partial charge is 0.378 e. The van der Waals surface area contributed by atoms with E-state index in [2.05, 4.69) is 17.3 Å². The third-order valence-electron chi connectivity index (χ3n) is 2.90. The van der Waals surface area contributed by atoms with E-state index in [0.717, 1.165) is 30.4 Å². The predicted molar refractivity (Wildman–Crippen MR) is 78.2 cm³/mol. The lowest BCUT2D eigenvalue weighted by molar-refractivity contribution is 0.500. The number of nitrogens with zero attached hydrogens (tertiary/aromatic N) is 2. The molecular weight excluding hydrogens is 284 g/mol. The van der Waals surface area contributed by atoms with Gasteiger partial charge in [0.2, 0.25) is 0 Å². The van der Waals surface area contributed by atoms with E-state index in [9.17, 15) is 8.78 Å². The Balaban J connectivity index is 0.00000200. The topological polar surface area (TPSA) is 29.9 Å². The first kappa shape index (κ1) is 16.4. The fourth-order valence-corrected chi connectivity index (χ4v) is 1.91. The van der Waals surface area contributed by atoms with Gasteiger partial charge in [-0.25, -0.2) is 8.78 Å². The standard InChI is InChI=1S/C14H17F2N3.ClH/c1-3-7-19-9-13(10(2)18-19)17-8-11-5-4-6-12(15)14(11)16;/h4-6,9,17H,3,7-8H2,1-2H3;1H. The highest BCUT2D eigenvalue weighted by Gasteiger charge is 2.09. The van der Waals surface area contributed by atoms with Crippen molar-refractivity contribution < 1.29 is 8.78 Å². The van der Waals surface area contributed by atoms with Gasteiger partial charge in [-0.3, -0.25) is 4.68 Å². The van der Waals surface area contributed by atoms with Gasteiger partial charge in [-0.2, -0.15) is 5.10 Å². The smallest absolute Gasteiger partial charge is 0.163 e. The van der Waals surface area contributed by atoms with Crippen LogP contribution in [0.4, 0.5) is 14.5 Å². The molecule has 6 heteroatoms. The summed E-state index contributed by atoms with van der Waals surface area (Å²) in [5.74, 6) is -1.62. The van der Waals surface area contributed by atoms with Gasteiger partial charge in [-0.1, -0.05) is 19.1 Å². The molecule has 0 radical (unpaired) electrons. The van der Waals surface area contributed by atoms with Crippen molar-refractivity contribution in [1.29, 1.82) is 0 Å². The summed E-state index contributed by atoms with van der Waals surface area (Å²) in [4.78, 5) is 0. The Bertz CT molecular complexity index is 570. The summed E-state index contributed by atoms with van der Waals surface area (Å²) in [5.41, 5.74) is 2.00. The summed E-state index contributed by atoms with van der Waals surface area (Å²) in [5, 5.41) is 7.43. The van der Waals surface area contributed by atoms with Gasteiger partial charge < -0.3 is 5.32 Å². The summed E-state index contributed by atoms with van der Waals surface area (Å²) in [6.07, 6.45) is 2.88. The Morgan fingerprint density at radius 1 is 1.30 bits per heavy atom. The van der Waals surface area contributed by atoms with E-state index >= 15 is 0 Å². The van der Waals surface area contributed by atoms with Crippen molar-refractivity contribution in [2.24, 2.45) is 0 Å². The molecule has 3 nitrogen and oxygen atoms in total. The van der Waals surface area contributed by atoms with E-state index in [4.69, 9.17) is 0 Å². The zero-order valence-corrected chi connectivity index (χ0v) is 12.3. The molecule has 0 aliphatic rings. The highest BCUT2D eigenvalue weighted by atomic mass is 35.5. The minimum Gasteiger partial charge on any atom is -0.378 e. The van der Waals surface area contributed by atoms with Gasteiger partial charge >= 0.3 is 0 Å². The van der Waals surface area contributed by atoms with Gasteiger partial charge in [0, 0.05) is 24.8 Å². The molecule has 0 saturated carbocycles. The van der Waals surface area contributed by atoms with Crippen LogP contribution in [0, 0.1) is 18.6 Å². The number of rotatable bonds is 5. The van der Waals surface area contributed by atoms with Crippen LogP contribution in [-0.2, 0) is 13.1 Å². The second-order valence-electron chi connectivity index (χ2n) is 4.46. The second-order valence-corrected chi connectivity index (χ2v) is 4.46. The van der Waals surface area contributed by atoms with Crippen LogP contribution in [-0.4, -0.2) is 9.78 Å². The Kier molecular flexibility index (Phi) is 5.95. The molecule has 0 unspecified atom stereocenters. The summed E-state index contributed by atoms with van der Waals surface area (Å²) in [7, 11) is 0. The van der Waals surface area contributed by atoms with Crippen molar-refractivity contribution in [2.45, 2.75) is 33.4 Å². The first-order chi connectivity index (χ1) is 9.11. The van der Waals surface area contributed by atoms with E-state index in [1.807, 2.05) is 17.8 Å². The molecule has 0 aliphatic heterocycles. The number of aromatic nitrogens is 2. The summed E-state index contributed by atoms with van der Waals surface area (Å²) < 4.78 is 28.4. The number of benzene rings is 1. The number of aryl methyl sites for hydroxylation is 2. The lowest BCUT2D eigenvalue weighted by atomic mass is 10.2. The first-order valence-electron chi connectivity index (χ1n) is 6.32. The predicted octanol–water partition coefficient (Wildman–Crippen LogP) is 3.91. The van der Waals surface area contributed by atoms with Crippen LogP contribution in [0.5, 0.6) is 0 Å². The zero-order valence-electron chi connectivity index (χ0n) is 11.5. The summed E-state index contributed by atoms with van der Waals surface area (Å²) >= 11 is 0. The van der Waals surface area contributed by atoms with Gasteiger partial charge in [0.15, 0.2) is 11.6 Å². The number of halogens is 3. The maximum Gasteiger partial charge on any atom is 0.163 e. The average molecular weight is 302 g/mol. The molecular formula is C14H18ClF2N3. The van der Waals surface area contributed by atoms with Crippen LogP contribution < -0.4 is 5.32 Å². The van der Waals surface area contributed by atoms with Crippen molar-refractivity contribution in [2.75, 3.05) is 5.32 Å². The first-order valence-corrected chi connectivity index (χ1v) is 6.32. The number of hydrogen-bond acceptors (Lipinski definition) is 2. The van der Waals surface area contributed by atoms with E-state index < -0.39 is 11.6 Å². The van der Waals surface area contributed by atoms with E-state index in [1.165, 1.54) is 6.07 Å². The average Bonchev–Trinajstić information content (AvgIpc) is 2.72. The number of nitrogens with one attached hydrogen (secondary N) is 1. The van der Waals surface area contributed by atoms with Crippen LogP contribution >= 0.6 is 12.4 Å². The van der Waals surface area contributed by atoms with Crippen LogP contribution in [0.3, 0.4) is 0 Å². The Labute approximate surface area is 123 Å². The number of hydrogen-bond donors (Lipinski definition) is 1. The monoisotopic (exact) mass is 301 g/mol. The van der Waals surface area contributed by atoms with Crippen molar-refractivity contribution in [3.8, 4) is 0 Å². The van der Waals surface area contributed by atoms with E-state index in [0.29, 0.717) is 5.56 Å². The van der Waals surface area contributed by atoms with Crippen LogP contribution in [0.15, 0.2) is 24.4 Å². The molecule has 0 bridgehead atoms. The Morgan fingerprint density at radius 3 is 2.75 bits per heavy atom. The molecule has 1 aromatic heterocycles. The van der Waals surface area contributed by atoms with Gasteiger partial charge in [0.25, 0.3) is 0 Å². The third kappa shape index (κ3) is 3.70. The van der Waals surface area contributed by atoms with Crippen LogP contribution in [0.2, 0.25) is 0 Å². The normalized spacial score (nSPS) is 10.2.